The lowest BCUT2D eigenvalue weighted by Crippen LogP contribution is -2.46. The van der Waals surface area contributed by atoms with Gasteiger partial charge in [-0.25, -0.2) is 20.0 Å². The lowest BCUT2D eigenvalue weighted by molar-refractivity contribution is -0.139. The molecule has 1 aromatic rings. The Balaban J connectivity index is 1.23. The highest BCUT2D eigenvalue weighted by Gasteiger charge is 2.50. The number of nitrogens with zero attached hydrogens (tertiary/aromatic N) is 2. The van der Waals surface area contributed by atoms with Gasteiger partial charge in [0.15, 0.2) is 0 Å². The van der Waals surface area contributed by atoms with Crippen molar-refractivity contribution < 1.29 is 29.0 Å². The Morgan fingerprint density at radius 2 is 1.81 bits per heavy atom. The molecule has 0 aromatic heterocycles. The Morgan fingerprint density at radius 1 is 1.09 bits per heavy atom. The summed E-state index contributed by atoms with van der Waals surface area (Å²) in [5.41, 5.74) is 6.88. The van der Waals surface area contributed by atoms with Gasteiger partial charge in [0.2, 0.25) is 5.91 Å². The number of aliphatic hydroxyl groups is 1. The monoisotopic (exact) mass is 441 g/mol. The number of esters is 2. The van der Waals surface area contributed by atoms with Crippen LogP contribution in [0.4, 0.5) is 0 Å². The van der Waals surface area contributed by atoms with Gasteiger partial charge in [-0.3, -0.25) is 4.79 Å². The molecule has 0 aliphatic carbocycles. The van der Waals surface area contributed by atoms with Crippen molar-refractivity contribution >= 4 is 17.8 Å². The number of nitrogens with one attached hydrogen (secondary N) is 1. The summed E-state index contributed by atoms with van der Waals surface area (Å²) in [6, 6.07) is 3.53. The van der Waals surface area contributed by atoms with Crippen molar-refractivity contribution in [3.8, 4) is 0 Å². The molecule has 1 amide bonds. The number of fused-ring (bicyclic) bond motifs is 1. The Labute approximate surface area is 185 Å². The molecule has 0 unspecified atom stereocenters. The van der Waals surface area contributed by atoms with Crippen LogP contribution in [0.5, 0.6) is 0 Å². The maximum absolute atomic E-state index is 13.2. The minimum atomic E-state index is -0.687. The number of rotatable bonds is 4. The lowest BCUT2D eigenvalue weighted by atomic mass is 9.78. The van der Waals surface area contributed by atoms with Gasteiger partial charge in [0.05, 0.1) is 28.4 Å². The SMILES string of the molecule is CC1=C(N2NCC3(CCN(C[C@H](O)c4ccc5c(c4C)COC5=O)CC3)C2=O)COC1=O. The van der Waals surface area contributed by atoms with E-state index in [1.165, 1.54) is 5.01 Å². The third-order valence-electron chi connectivity index (χ3n) is 7.39. The van der Waals surface area contributed by atoms with E-state index in [4.69, 9.17) is 9.47 Å². The van der Waals surface area contributed by atoms with Crippen LogP contribution in [-0.2, 0) is 25.7 Å². The second-order valence-electron chi connectivity index (χ2n) is 9.10. The first kappa shape index (κ1) is 21.1. The fourth-order valence-electron chi connectivity index (χ4n) is 5.16. The first-order valence-corrected chi connectivity index (χ1v) is 11.0. The van der Waals surface area contributed by atoms with Crippen LogP contribution in [0.15, 0.2) is 23.4 Å². The Morgan fingerprint density at radius 3 is 2.50 bits per heavy atom. The number of cyclic esters (lactones) is 2. The number of piperidine rings is 1. The van der Waals surface area contributed by atoms with Crippen LogP contribution in [-0.4, -0.2) is 65.6 Å². The number of aliphatic hydroxyl groups excluding tert-OH is 1. The van der Waals surface area contributed by atoms with E-state index in [0.717, 1.165) is 16.7 Å². The molecule has 0 bridgehead atoms. The van der Waals surface area contributed by atoms with Crippen LogP contribution >= 0.6 is 0 Å². The third-order valence-corrected chi connectivity index (χ3v) is 7.39. The summed E-state index contributed by atoms with van der Waals surface area (Å²) < 4.78 is 10.2. The van der Waals surface area contributed by atoms with Crippen molar-refractivity contribution in [2.45, 2.75) is 39.4 Å². The average molecular weight is 441 g/mol. The molecule has 0 radical (unpaired) electrons. The summed E-state index contributed by atoms with van der Waals surface area (Å²) in [7, 11) is 0. The summed E-state index contributed by atoms with van der Waals surface area (Å²) in [4.78, 5) is 38.8. The van der Waals surface area contributed by atoms with E-state index in [1.807, 2.05) is 6.92 Å². The first-order valence-electron chi connectivity index (χ1n) is 11.0. The summed E-state index contributed by atoms with van der Waals surface area (Å²) >= 11 is 0. The van der Waals surface area contributed by atoms with Gasteiger partial charge in [-0.2, -0.15) is 0 Å². The predicted octanol–water partition coefficient (Wildman–Crippen LogP) is 0.959. The van der Waals surface area contributed by atoms with Gasteiger partial charge in [-0.15, -0.1) is 0 Å². The zero-order valence-electron chi connectivity index (χ0n) is 18.3. The number of hydrogen-bond acceptors (Lipinski definition) is 8. The van der Waals surface area contributed by atoms with Crippen molar-refractivity contribution in [2.75, 3.05) is 32.8 Å². The molecule has 5 rings (SSSR count). The molecule has 9 heteroatoms. The zero-order chi connectivity index (χ0) is 22.6. The fraction of sp³-hybridized carbons (Fsp3) is 0.522. The lowest BCUT2D eigenvalue weighted by Gasteiger charge is -2.38. The number of β-amino-alcohol motifs (C(OH)–C–C–N with tert-alkyl or cyclic N) is 1. The number of hydrazine groups is 1. The smallest absolute Gasteiger partial charge is 0.338 e. The van der Waals surface area contributed by atoms with Crippen LogP contribution in [0, 0.1) is 12.3 Å². The molecule has 170 valence electrons. The predicted molar refractivity (Wildman–Crippen MR) is 112 cm³/mol. The topological polar surface area (TPSA) is 108 Å². The second-order valence-corrected chi connectivity index (χ2v) is 9.10. The normalized spacial score (nSPS) is 23.7. The third kappa shape index (κ3) is 3.23. The van der Waals surface area contributed by atoms with E-state index >= 15 is 0 Å². The van der Waals surface area contributed by atoms with Crippen LogP contribution < -0.4 is 5.43 Å². The zero-order valence-corrected chi connectivity index (χ0v) is 18.3. The summed E-state index contributed by atoms with van der Waals surface area (Å²) in [6.07, 6.45) is 0.664. The van der Waals surface area contributed by atoms with Crippen molar-refractivity contribution in [3.63, 3.8) is 0 Å². The molecule has 1 aromatic carbocycles. The minimum absolute atomic E-state index is 0.00974. The maximum atomic E-state index is 13.2. The van der Waals surface area contributed by atoms with Gasteiger partial charge in [-0.1, -0.05) is 6.07 Å². The minimum Gasteiger partial charge on any atom is -0.457 e. The average Bonchev–Trinajstić information content (AvgIpc) is 3.42. The van der Waals surface area contributed by atoms with Crippen LogP contribution in [0.25, 0.3) is 0 Å². The summed E-state index contributed by atoms with van der Waals surface area (Å²) in [6.45, 7) is 6.34. The van der Waals surface area contributed by atoms with Gasteiger partial charge in [-0.05, 0) is 57.0 Å². The molecule has 2 N–H and O–H groups in total. The Kier molecular flexibility index (Phi) is 5.07. The number of carbonyl (C=O) groups is 3. The molecule has 0 saturated carbocycles. The molecule has 2 fully saturated rings. The Hall–Kier alpha value is -2.75. The highest BCUT2D eigenvalue weighted by molar-refractivity contribution is 5.94. The first-order chi connectivity index (χ1) is 15.3. The Bertz CT molecular complexity index is 1040. The van der Waals surface area contributed by atoms with Crippen LogP contribution in [0.3, 0.4) is 0 Å². The van der Waals surface area contributed by atoms with E-state index in [2.05, 4.69) is 10.3 Å². The molecule has 2 saturated heterocycles. The number of benzene rings is 1. The maximum Gasteiger partial charge on any atom is 0.338 e. The van der Waals surface area contributed by atoms with E-state index < -0.39 is 11.5 Å². The van der Waals surface area contributed by atoms with Gasteiger partial charge in [0, 0.05) is 18.7 Å². The van der Waals surface area contributed by atoms with Crippen molar-refractivity contribution in [1.29, 1.82) is 0 Å². The number of ether oxygens (including phenoxy) is 2. The van der Waals surface area contributed by atoms with E-state index in [0.29, 0.717) is 55.9 Å². The molecule has 1 spiro atoms. The molecule has 1 atom stereocenters. The van der Waals surface area contributed by atoms with Crippen LogP contribution in [0.2, 0.25) is 0 Å². The molecule has 4 aliphatic heterocycles. The van der Waals surface area contributed by atoms with Gasteiger partial charge < -0.3 is 19.5 Å². The van der Waals surface area contributed by atoms with Gasteiger partial charge >= 0.3 is 11.9 Å². The molecule has 32 heavy (non-hydrogen) atoms. The summed E-state index contributed by atoms with van der Waals surface area (Å²) in [5, 5.41) is 12.4. The largest absolute Gasteiger partial charge is 0.457 e. The quantitative estimate of drug-likeness (QED) is 0.666. The van der Waals surface area contributed by atoms with Gasteiger partial charge in [0.25, 0.3) is 0 Å². The van der Waals surface area contributed by atoms with Gasteiger partial charge in [0.1, 0.15) is 13.2 Å². The van der Waals surface area contributed by atoms with Crippen molar-refractivity contribution in [1.82, 2.24) is 15.3 Å². The van der Waals surface area contributed by atoms with Crippen LogP contribution in [0.1, 0.15) is 52.9 Å². The standard InChI is InChI=1S/C23H27N3O6/c1-13-15(3-4-16-17(13)10-31-21(16)29)19(27)9-25-7-5-23(6-8-25)12-24-26(22(23)30)18-11-32-20(28)14(18)2/h3-4,19,24,27H,5-12H2,1-2H3/t19-/m0/s1. The molecular formula is C23H27N3O6. The number of hydrogen-bond donors (Lipinski definition) is 2. The van der Waals surface area contributed by atoms with E-state index in [9.17, 15) is 19.5 Å². The van der Waals surface area contributed by atoms with E-state index in [1.54, 1.807) is 19.1 Å². The summed E-state index contributed by atoms with van der Waals surface area (Å²) in [5.74, 6) is -0.699. The van der Waals surface area contributed by atoms with Crippen molar-refractivity contribution in [3.05, 3.63) is 45.7 Å². The molecule has 4 aliphatic rings. The number of amides is 1. The number of likely N-dealkylation sites (tertiary alicyclic amines) is 1. The number of carbonyl (C=O) groups excluding carboxylic acids is 3. The molecular weight excluding hydrogens is 414 g/mol. The highest BCUT2D eigenvalue weighted by atomic mass is 16.5. The molecule has 9 nitrogen and oxygen atoms in total. The van der Waals surface area contributed by atoms with Crippen molar-refractivity contribution in [2.24, 2.45) is 5.41 Å². The highest BCUT2D eigenvalue weighted by Crippen LogP contribution is 2.39. The van der Waals surface area contributed by atoms with E-state index in [-0.39, 0.29) is 31.1 Å². The second kappa shape index (κ2) is 7.68. The fourth-order valence-corrected chi connectivity index (χ4v) is 5.16. The molecule has 4 heterocycles.